The van der Waals surface area contributed by atoms with Crippen molar-refractivity contribution in [3.8, 4) is 11.5 Å². The number of piperazine rings is 1. The second kappa shape index (κ2) is 9.24. The number of hydrogen-bond donors (Lipinski definition) is 1. The van der Waals surface area contributed by atoms with Crippen molar-refractivity contribution in [1.29, 1.82) is 0 Å². The predicted molar refractivity (Wildman–Crippen MR) is 107 cm³/mol. The molecule has 1 amide bonds. The minimum Gasteiger partial charge on any atom is -0.454 e. The standard InChI is InChI=1S/C22H26FN3O3/c23-19-4-2-1-3-18(19)7-8-24-22(27)15-26-11-9-25(10-12-26)14-17-5-6-20-21(13-17)29-16-28-20/h1-6,13H,7-12,14-16H2,(H,24,27). The molecule has 0 saturated carbocycles. The summed E-state index contributed by atoms with van der Waals surface area (Å²) in [5.41, 5.74) is 1.83. The van der Waals surface area contributed by atoms with Crippen LogP contribution in [-0.4, -0.2) is 61.8 Å². The van der Waals surface area contributed by atoms with Crippen LogP contribution in [0.2, 0.25) is 0 Å². The molecule has 2 aliphatic heterocycles. The monoisotopic (exact) mass is 399 g/mol. The Morgan fingerprint density at radius 2 is 1.76 bits per heavy atom. The number of halogens is 1. The molecule has 2 aromatic rings. The number of carbonyl (C=O) groups excluding carboxylic acids is 1. The van der Waals surface area contributed by atoms with Gasteiger partial charge in [-0.1, -0.05) is 24.3 Å². The van der Waals surface area contributed by atoms with Crippen LogP contribution in [0, 0.1) is 5.82 Å². The van der Waals surface area contributed by atoms with Crippen molar-refractivity contribution < 1.29 is 18.7 Å². The van der Waals surface area contributed by atoms with Crippen LogP contribution < -0.4 is 14.8 Å². The van der Waals surface area contributed by atoms with Gasteiger partial charge >= 0.3 is 0 Å². The largest absolute Gasteiger partial charge is 0.454 e. The van der Waals surface area contributed by atoms with Gasteiger partial charge in [-0.2, -0.15) is 0 Å². The Balaban J connectivity index is 1.16. The van der Waals surface area contributed by atoms with Crippen LogP contribution in [-0.2, 0) is 17.8 Å². The highest BCUT2D eigenvalue weighted by Gasteiger charge is 2.20. The first-order valence-electron chi connectivity index (χ1n) is 10.0. The van der Waals surface area contributed by atoms with Gasteiger partial charge in [0.05, 0.1) is 6.54 Å². The van der Waals surface area contributed by atoms with Crippen LogP contribution in [0.3, 0.4) is 0 Å². The van der Waals surface area contributed by atoms with Gasteiger partial charge in [0, 0.05) is 39.3 Å². The molecule has 2 aromatic carbocycles. The van der Waals surface area contributed by atoms with Crippen molar-refractivity contribution in [3.63, 3.8) is 0 Å². The third kappa shape index (κ3) is 5.25. The Hall–Kier alpha value is -2.64. The maximum atomic E-state index is 13.6. The van der Waals surface area contributed by atoms with E-state index in [0.29, 0.717) is 31.9 Å². The number of hydrogen-bond acceptors (Lipinski definition) is 5. The lowest BCUT2D eigenvalue weighted by molar-refractivity contribution is -0.122. The molecule has 1 N–H and O–H groups in total. The van der Waals surface area contributed by atoms with E-state index in [2.05, 4.69) is 21.2 Å². The molecule has 154 valence electrons. The zero-order chi connectivity index (χ0) is 20.1. The van der Waals surface area contributed by atoms with Crippen LogP contribution in [0.1, 0.15) is 11.1 Å². The smallest absolute Gasteiger partial charge is 0.234 e. The van der Waals surface area contributed by atoms with Gasteiger partial charge in [-0.05, 0) is 35.7 Å². The molecule has 0 bridgehead atoms. The third-order valence-corrected chi connectivity index (χ3v) is 5.35. The van der Waals surface area contributed by atoms with Crippen LogP contribution in [0.4, 0.5) is 4.39 Å². The zero-order valence-corrected chi connectivity index (χ0v) is 16.4. The highest BCUT2D eigenvalue weighted by molar-refractivity contribution is 5.78. The SMILES string of the molecule is O=C(CN1CCN(Cc2ccc3c(c2)OCO3)CC1)NCCc1ccccc1F. The number of fused-ring (bicyclic) bond motifs is 1. The fourth-order valence-electron chi connectivity index (χ4n) is 3.70. The lowest BCUT2D eigenvalue weighted by atomic mass is 10.1. The Morgan fingerprint density at radius 3 is 2.59 bits per heavy atom. The molecule has 2 heterocycles. The maximum Gasteiger partial charge on any atom is 0.234 e. The van der Waals surface area contributed by atoms with E-state index in [-0.39, 0.29) is 11.7 Å². The number of nitrogens with one attached hydrogen (secondary N) is 1. The maximum absolute atomic E-state index is 13.6. The van der Waals surface area contributed by atoms with Crippen molar-refractivity contribution in [2.75, 3.05) is 46.1 Å². The average molecular weight is 399 g/mol. The second-order valence-corrected chi connectivity index (χ2v) is 7.43. The van der Waals surface area contributed by atoms with Gasteiger partial charge < -0.3 is 14.8 Å². The van der Waals surface area contributed by atoms with E-state index < -0.39 is 0 Å². The summed E-state index contributed by atoms with van der Waals surface area (Å²) in [6.45, 7) is 5.52. The minimum atomic E-state index is -0.222. The highest BCUT2D eigenvalue weighted by atomic mass is 19.1. The lowest BCUT2D eigenvalue weighted by Gasteiger charge is -2.34. The summed E-state index contributed by atoms with van der Waals surface area (Å²) in [6, 6.07) is 12.7. The zero-order valence-electron chi connectivity index (χ0n) is 16.4. The van der Waals surface area contributed by atoms with Crippen LogP contribution in [0.5, 0.6) is 11.5 Å². The summed E-state index contributed by atoms with van der Waals surface area (Å²) in [5.74, 6) is 1.39. The van der Waals surface area contributed by atoms with E-state index >= 15 is 0 Å². The summed E-state index contributed by atoms with van der Waals surface area (Å²) >= 11 is 0. The normalized spacial score (nSPS) is 16.7. The molecule has 0 spiro atoms. The molecule has 1 fully saturated rings. The molecule has 0 atom stereocenters. The van der Waals surface area contributed by atoms with E-state index in [1.54, 1.807) is 12.1 Å². The number of ether oxygens (including phenoxy) is 2. The number of benzene rings is 2. The van der Waals surface area contributed by atoms with Crippen LogP contribution in [0.15, 0.2) is 42.5 Å². The van der Waals surface area contributed by atoms with Gasteiger partial charge in [-0.25, -0.2) is 4.39 Å². The summed E-state index contributed by atoms with van der Waals surface area (Å²) in [6.07, 6.45) is 0.502. The second-order valence-electron chi connectivity index (χ2n) is 7.43. The summed E-state index contributed by atoms with van der Waals surface area (Å²) in [5, 5.41) is 2.89. The number of nitrogens with zero attached hydrogens (tertiary/aromatic N) is 2. The van der Waals surface area contributed by atoms with Crippen LogP contribution in [0.25, 0.3) is 0 Å². The molecule has 0 unspecified atom stereocenters. The fraction of sp³-hybridized carbons (Fsp3) is 0.409. The molecule has 29 heavy (non-hydrogen) atoms. The molecule has 7 heteroatoms. The summed E-state index contributed by atoms with van der Waals surface area (Å²) in [7, 11) is 0. The van der Waals surface area contributed by atoms with Gasteiger partial charge in [0.25, 0.3) is 0 Å². The molecular formula is C22H26FN3O3. The number of amides is 1. The van der Waals surface area contributed by atoms with E-state index in [9.17, 15) is 9.18 Å². The Kier molecular flexibility index (Phi) is 6.27. The van der Waals surface area contributed by atoms with Crippen molar-refractivity contribution in [1.82, 2.24) is 15.1 Å². The molecule has 2 aliphatic rings. The first-order valence-corrected chi connectivity index (χ1v) is 10.0. The van der Waals surface area contributed by atoms with Crippen molar-refractivity contribution in [3.05, 3.63) is 59.4 Å². The van der Waals surface area contributed by atoms with Gasteiger partial charge in [0.2, 0.25) is 12.7 Å². The van der Waals surface area contributed by atoms with Gasteiger partial charge in [0.15, 0.2) is 11.5 Å². The predicted octanol–water partition coefficient (Wildman–Crippen LogP) is 2.03. The Bertz CT molecular complexity index is 853. The van der Waals surface area contributed by atoms with Gasteiger partial charge in [-0.15, -0.1) is 0 Å². The molecule has 0 radical (unpaired) electrons. The van der Waals surface area contributed by atoms with E-state index in [0.717, 1.165) is 44.2 Å². The topological polar surface area (TPSA) is 54.0 Å². The van der Waals surface area contributed by atoms with Gasteiger partial charge in [-0.3, -0.25) is 14.6 Å². The fourth-order valence-corrected chi connectivity index (χ4v) is 3.70. The molecule has 4 rings (SSSR count). The van der Waals surface area contributed by atoms with Crippen molar-refractivity contribution in [2.45, 2.75) is 13.0 Å². The quantitative estimate of drug-likeness (QED) is 0.772. The molecule has 6 nitrogen and oxygen atoms in total. The molecule has 0 aromatic heterocycles. The minimum absolute atomic E-state index is 0.00874. The molecular weight excluding hydrogens is 373 g/mol. The van der Waals surface area contributed by atoms with Crippen molar-refractivity contribution >= 4 is 5.91 Å². The van der Waals surface area contributed by atoms with E-state index in [1.807, 2.05) is 18.2 Å². The first kappa shape index (κ1) is 19.7. The van der Waals surface area contributed by atoms with Crippen LogP contribution >= 0.6 is 0 Å². The number of rotatable bonds is 7. The van der Waals surface area contributed by atoms with E-state index in [1.165, 1.54) is 11.6 Å². The number of carbonyl (C=O) groups is 1. The summed E-state index contributed by atoms with van der Waals surface area (Å²) < 4.78 is 24.4. The molecule has 1 saturated heterocycles. The Labute approximate surface area is 170 Å². The average Bonchev–Trinajstić information content (AvgIpc) is 3.19. The first-order chi connectivity index (χ1) is 14.2. The van der Waals surface area contributed by atoms with E-state index in [4.69, 9.17) is 9.47 Å². The third-order valence-electron chi connectivity index (χ3n) is 5.35. The lowest BCUT2D eigenvalue weighted by Crippen LogP contribution is -2.49. The Morgan fingerprint density at radius 1 is 1.00 bits per heavy atom. The molecule has 0 aliphatic carbocycles. The van der Waals surface area contributed by atoms with Gasteiger partial charge in [0.1, 0.15) is 5.82 Å². The van der Waals surface area contributed by atoms with Crippen molar-refractivity contribution in [2.24, 2.45) is 0 Å². The highest BCUT2D eigenvalue weighted by Crippen LogP contribution is 2.32. The summed E-state index contributed by atoms with van der Waals surface area (Å²) in [4.78, 5) is 16.7.